The maximum Gasteiger partial charge on any atom is 0.328 e. The normalized spacial score (nSPS) is 18.1. The largest absolute Gasteiger partial charge is 0.467 e. The van der Waals surface area contributed by atoms with Crippen LogP contribution in [0.2, 0.25) is 0 Å². The Balaban J connectivity index is 1.79. The highest BCUT2D eigenvalue weighted by Crippen LogP contribution is 2.30. The van der Waals surface area contributed by atoms with Crippen molar-refractivity contribution >= 4 is 35.3 Å². The minimum atomic E-state index is -0.901. The van der Waals surface area contributed by atoms with Gasteiger partial charge in [0.2, 0.25) is 23.6 Å². The quantitative estimate of drug-likeness (QED) is 0.105. The molecule has 0 saturated carbocycles. The van der Waals surface area contributed by atoms with Gasteiger partial charge in [0.05, 0.1) is 49.8 Å². The third kappa shape index (κ3) is 13.7. The summed E-state index contributed by atoms with van der Waals surface area (Å²) < 4.78 is 17.0. The summed E-state index contributed by atoms with van der Waals surface area (Å²) >= 11 is 0. The highest BCUT2D eigenvalue weighted by Gasteiger charge is 2.43. The van der Waals surface area contributed by atoms with Gasteiger partial charge in [-0.05, 0) is 60.9 Å². The molecule has 1 aliphatic rings. The topological polar surface area (TPSA) is 173 Å². The van der Waals surface area contributed by atoms with Crippen molar-refractivity contribution in [3.05, 3.63) is 65.7 Å². The van der Waals surface area contributed by atoms with Crippen LogP contribution >= 0.6 is 0 Å². The van der Waals surface area contributed by atoms with Gasteiger partial charge in [-0.1, -0.05) is 97.4 Å². The molecule has 14 heteroatoms. The van der Waals surface area contributed by atoms with Crippen LogP contribution in [0.5, 0.6) is 0 Å². The monoisotopic (exact) mass is 851 g/mol. The molecule has 0 unspecified atom stereocenters. The summed E-state index contributed by atoms with van der Waals surface area (Å²) in [5, 5.41) is 5.97. The van der Waals surface area contributed by atoms with E-state index in [1.165, 1.54) is 14.2 Å². The van der Waals surface area contributed by atoms with E-state index in [0.717, 1.165) is 17.5 Å². The van der Waals surface area contributed by atoms with Crippen LogP contribution in [0.3, 0.4) is 0 Å². The van der Waals surface area contributed by atoms with Crippen LogP contribution in [0, 0.1) is 23.7 Å². The Labute approximate surface area is 364 Å². The van der Waals surface area contributed by atoms with Gasteiger partial charge in [0, 0.05) is 46.5 Å². The van der Waals surface area contributed by atoms with Crippen molar-refractivity contribution in [2.45, 2.75) is 130 Å². The lowest BCUT2D eigenvalue weighted by Gasteiger charge is -2.41. The van der Waals surface area contributed by atoms with Crippen molar-refractivity contribution in [1.29, 1.82) is 0 Å². The van der Waals surface area contributed by atoms with Crippen molar-refractivity contribution in [2.24, 2.45) is 23.7 Å². The number of likely N-dealkylation sites (N-methyl/N-ethyl adjacent to an activating group) is 2. The number of nitrogens with one attached hydrogen (secondary N) is 2. The van der Waals surface area contributed by atoms with E-state index in [1.807, 2.05) is 108 Å². The van der Waals surface area contributed by atoms with Gasteiger partial charge >= 0.3 is 5.97 Å². The highest BCUT2D eigenvalue weighted by atomic mass is 16.5. The number of nitrogens with zero attached hydrogens (tertiary/aromatic N) is 3. The van der Waals surface area contributed by atoms with Crippen LogP contribution in [-0.4, -0.2) is 129 Å². The second-order valence-corrected chi connectivity index (χ2v) is 17.4. The molecule has 2 aromatic carbocycles. The summed E-state index contributed by atoms with van der Waals surface area (Å²) in [5.41, 5.74) is 8.53. The molecule has 1 heterocycles. The summed E-state index contributed by atoms with van der Waals surface area (Å²) in [4.78, 5) is 74.8. The SMILES string of the molecule is CC[C@H](C)[C@@H]([C@@H](CC(=O)N1CCC[C@H]1[C@H](OC)[C@@H](C)C(=O)N[C@@H](Cc1ccccc1)C(=O)OC)OC)N(C)C(=O)[C@@H](NC(=O)[C@H](C(C)C)N(C)Cc1cccc(N)c1)C(C)C. The minimum absolute atomic E-state index is 0.0128. The molecule has 0 radical (unpaired) electrons. The molecule has 340 valence electrons. The Morgan fingerprint density at radius 2 is 1.51 bits per heavy atom. The number of benzene rings is 2. The van der Waals surface area contributed by atoms with E-state index >= 15 is 0 Å². The van der Waals surface area contributed by atoms with Gasteiger partial charge in [-0.25, -0.2) is 4.79 Å². The van der Waals surface area contributed by atoms with E-state index in [2.05, 4.69) is 10.6 Å². The summed E-state index contributed by atoms with van der Waals surface area (Å²) in [5.74, 6) is -2.68. The molecule has 4 N–H and O–H groups in total. The third-order valence-corrected chi connectivity index (χ3v) is 12.3. The lowest BCUT2D eigenvalue weighted by molar-refractivity contribution is -0.149. The van der Waals surface area contributed by atoms with Gasteiger partial charge in [0.1, 0.15) is 12.1 Å². The van der Waals surface area contributed by atoms with Crippen molar-refractivity contribution in [3.63, 3.8) is 0 Å². The Morgan fingerprint density at radius 1 is 0.852 bits per heavy atom. The second kappa shape index (κ2) is 24.2. The maximum atomic E-state index is 14.5. The molecule has 2 aromatic rings. The molecule has 0 spiro atoms. The number of esters is 1. The number of carbonyl (C=O) groups is 5. The molecule has 1 fully saturated rings. The van der Waals surface area contributed by atoms with Crippen molar-refractivity contribution in [2.75, 3.05) is 47.7 Å². The first-order valence-corrected chi connectivity index (χ1v) is 21.8. The molecule has 14 nitrogen and oxygen atoms in total. The first kappa shape index (κ1) is 50.8. The second-order valence-electron chi connectivity index (χ2n) is 17.4. The zero-order valence-electron chi connectivity index (χ0n) is 38.7. The Kier molecular flexibility index (Phi) is 20.2. The molecule has 1 saturated heterocycles. The predicted octanol–water partition coefficient (Wildman–Crippen LogP) is 4.69. The van der Waals surface area contributed by atoms with Crippen LogP contribution in [0.25, 0.3) is 0 Å². The Hall–Kier alpha value is -4.53. The number of hydrogen-bond acceptors (Lipinski definition) is 10. The van der Waals surface area contributed by atoms with Gasteiger partial charge < -0.3 is 40.4 Å². The van der Waals surface area contributed by atoms with Crippen LogP contribution < -0.4 is 16.4 Å². The van der Waals surface area contributed by atoms with E-state index in [0.29, 0.717) is 31.6 Å². The van der Waals surface area contributed by atoms with E-state index in [4.69, 9.17) is 19.9 Å². The zero-order valence-corrected chi connectivity index (χ0v) is 38.7. The van der Waals surface area contributed by atoms with Gasteiger partial charge in [0.25, 0.3) is 0 Å². The number of nitrogen functional groups attached to an aromatic ring is 1. The number of methoxy groups -OCH3 is 3. The molecule has 0 aliphatic carbocycles. The molecule has 1 aliphatic heterocycles. The smallest absolute Gasteiger partial charge is 0.328 e. The number of hydrogen-bond donors (Lipinski definition) is 3. The zero-order chi connectivity index (χ0) is 45.6. The number of likely N-dealkylation sites (tertiary alicyclic amines) is 1. The first-order valence-electron chi connectivity index (χ1n) is 21.8. The van der Waals surface area contributed by atoms with Gasteiger partial charge in [-0.3, -0.25) is 24.1 Å². The van der Waals surface area contributed by atoms with Crippen molar-refractivity contribution in [1.82, 2.24) is 25.3 Å². The summed E-state index contributed by atoms with van der Waals surface area (Å²) in [6.45, 7) is 14.6. The lowest BCUT2D eigenvalue weighted by Crippen LogP contribution is -2.60. The number of rotatable bonds is 23. The highest BCUT2D eigenvalue weighted by molar-refractivity contribution is 5.90. The van der Waals surface area contributed by atoms with E-state index in [1.54, 1.807) is 30.9 Å². The summed E-state index contributed by atoms with van der Waals surface area (Å²) in [6, 6.07) is 13.8. The van der Waals surface area contributed by atoms with Crippen molar-refractivity contribution in [3.8, 4) is 0 Å². The fourth-order valence-electron chi connectivity index (χ4n) is 8.86. The molecular weight excluding hydrogens is 777 g/mol. The molecule has 4 amide bonds. The summed E-state index contributed by atoms with van der Waals surface area (Å²) in [6.07, 6.45) is 0.966. The van der Waals surface area contributed by atoms with Crippen LogP contribution in [0.1, 0.15) is 85.3 Å². The van der Waals surface area contributed by atoms with Crippen LogP contribution in [-0.2, 0) is 51.1 Å². The fourth-order valence-corrected chi connectivity index (χ4v) is 8.86. The Bertz CT molecular complexity index is 1730. The number of ether oxygens (including phenoxy) is 3. The molecule has 0 bridgehead atoms. The number of carbonyl (C=O) groups excluding carboxylic acids is 5. The van der Waals surface area contributed by atoms with Crippen LogP contribution in [0.15, 0.2) is 54.6 Å². The number of amides is 4. The van der Waals surface area contributed by atoms with E-state index in [-0.39, 0.29) is 54.2 Å². The van der Waals surface area contributed by atoms with E-state index in [9.17, 15) is 24.0 Å². The maximum absolute atomic E-state index is 14.5. The number of nitrogens with two attached hydrogens (primary N) is 1. The predicted molar refractivity (Wildman–Crippen MR) is 238 cm³/mol. The molecular formula is C47H74N6O8. The molecule has 0 aromatic heterocycles. The molecule has 3 rings (SSSR count). The average molecular weight is 851 g/mol. The van der Waals surface area contributed by atoms with E-state index < -0.39 is 54.3 Å². The molecule has 61 heavy (non-hydrogen) atoms. The fraction of sp³-hybridized carbons (Fsp3) is 0.638. The lowest BCUT2D eigenvalue weighted by atomic mass is 9.89. The number of anilines is 1. The molecule has 9 atom stereocenters. The minimum Gasteiger partial charge on any atom is -0.467 e. The van der Waals surface area contributed by atoms with Gasteiger partial charge in [0.15, 0.2) is 0 Å². The van der Waals surface area contributed by atoms with Crippen LogP contribution in [0.4, 0.5) is 5.69 Å². The first-order chi connectivity index (χ1) is 28.9. The van der Waals surface area contributed by atoms with Crippen molar-refractivity contribution < 1.29 is 38.2 Å². The standard InChI is InChI=1S/C47H74N6O8/c1-13-31(6)42(52(9)46(57)40(29(2)3)50-45(56)41(30(4)5)51(8)28-34-21-17-22-35(48)25-34)38(59-10)27-39(54)53-24-18-23-37(53)43(60-11)32(7)44(55)49-36(47(58)61-12)26-33-19-15-14-16-20-33/h14-17,19-22,25,29-32,36-38,40-43H,13,18,23-24,26-28,48H2,1-12H3,(H,49,55)(H,50,56)/t31-,32+,36-,37-,38+,40-,41-,42-,43+/m0/s1. The summed E-state index contributed by atoms with van der Waals surface area (Å²) in [7, 11) is 7.99. The van der Waals surface area contributed by atoms with Gasteiger partial charge in [-0.2, -0.15) is 0 Å². The third-order valence-electron chi connectivity index (χ3n) is 12.3. The average Bonchev–Trinajstić information content (AvgIpc) is 3.71. The van der Waals surface area contributed by atoms with Gasteiger partial charge in [-0.15, -0.1) is 0 Å². The Morgan fingerprint density at radius 3 is 2.07 bits per heavy atom.